The van der Waals surface area contributed by atoms with Crippen LogP contribution in [0, 0.1) is 23.7 Å². The molecule has 0 radical (unpaired) electrons. The van der Waals surface area contributed by atoms with Crippen molar-refractivity contribution in [2.75, 3.05) is 0 Å². The summed E-state index contributed by atoms with van der Waals surface area (Å²) < 4.78 is 0. The highest BCUT2D eigenvalue weighted by Crippen LogP contribution is 2.44. The van der Waals surface area contributed by atoms with Crippen LogP contribution in [0.2, 0.25) is 0 Å². The van der Waals surface area contributed by atoms with Crippen LogP contribution in [0.4, 0.5) is 0 Å². The maximum absolute atomic E-state index is 8.88. The molecule has 4 bridgehead atoms. The minimum absolute atomic E-state index is 0.362. The van der Waals surface area contributed by atoms with Gasteiger partial charge < -0.3 is 10.9 Å². The van der Waals surface area contributed by atoms with E-state index in [0.717, 1.165) is 24.7 Å². The average molecular weight is 290 g/mol. The molecule has 0 spiro atoms. The second-order valence-electron chi connectivity index (χ2n) is 7.74. The summed E-state index contributed by atoms with van der Waals surface area (Å²) >= 11 is 0. The lowest BCUT2D eigenvalue weighted by molar-refractivity contribution is 0.0795. The van der Waals surface area contributed by atoms with Gasteiger partial charge in [0.15, 0.2) is 0 Å². The first kappa shape index (κ1) is 15.3. The van der Waals surface area contributed by atoms with Crippen LogP contribution in [0.1, 0.15) is 51.4 Å². The Kier molecular flexibility index (Phi) is 4.53. The van der Waals surface area contributed by atoms with E-state index in [1.807, 2.05) is 0 Å². The Hall–Kier alpha value is -0.640. The lowest BCUT2D eigenvalue weighted by Crippen LogP contribution is -2.38. The molecule has 0 amide bonds. The van der Waals surface area contributed by atoms with Gasteiger partial charge in [0.1, 0.15) is 0 Å². The van der Waals surface area contributed by atoms with Crippen LogP contribution in [0.15, 0.2) is 24.3 Å². The van der Waals surface area contributed by atoms with Crippen molar-refractivity contribution in [1.29, 1.82) is 0 Å². The number of hydrogen-bond acceptors (Lipinski definition) is 3. The molecule has 0 aromatic carbocycles. The van der Waals surface area contributed by atoms with Crippen LogP contribution < -0.4 is 11.2 Å². The summed E-state index contributed by atoms with van der Waals surface area (Å²) in [4.78, 5) is 0. The molecule has 21 heavy (non-hydrogen) atoms. The number of nitrogens with one attached hydrogen (secondary N) is 1. The number of hydrogen-bond donors (Lipinski definition) is 3. The Morgan fingerprint density at radius 3 is 1.62 bits per heavy atom. The van der Waals surface area contributed by atoms with Crippen molar-refractivity contribution in [1.82, 2.24) is 5.48 Å². The quantitative estimate of drug-likeness (QED) is 0.512. The topological polar surface area (TPSA) is 58.3 Å². The van der Waals surface area contributed by atoms with E-state index in [2.05, 4.69) is 18.6 Å². The molecule has 4 N–H and O–H groups in total. The van der Waals surface area contributed by atoms with Crippen molar-refractivity contribution in [3.63, 3.8) is 0 Å². The van der Waals surface area contributed by atoms with Gasteiger partial charge in [-0.1, -0.05) is 24.3 Å². The summed E-state index contributed by atoms with van der Waals surface area (Å²) in [5, 5.41) is 8.88. The zero-order valence-corrected chi connectivity index (χ0v) is 13.1. The van der Waals surface area contributed by atoms with E-state index in [1.165, 1.54) is 49.7 Å². The molecule has 4 aliphatic carbocycles. The van der Waals surface area contributed by atoms with E-state index in [1.54, 1.807) is 0 Å². The van der Waals surface area contributed by atoms with Gasteiger partial charge in [0, 0.05) is 12.1 Å². The van der Waals surface area contributed by atoms with Gasteiger partial charge in [-0.3, -0.25) is 0 Å². The van der Waals surface area contributed by atoms with Crippen molar-refractivity contribution in [3.8, 4) is 0 Å². The van der Waals surface area contributed by atoms with Crippen molar-refractivity contribution in [2.24, 2.45) is 29.4 Å². The van der Waals surface area contributed by atoms with Crippen LogP contribution in [0.3, 0.4) is 0 Å². The molecule has 0 heterocycles. The summed E-state index contributed by atoms with van der Waals surface area (Å²) in [6, 6.07) is 0.867. The molecule has 4 atom stereocenters. The Balaban J connectivity index is 0.000000126. The molecule has 118 valence electrons. The van der Waals surface area contributed by atoms with E-state index >= 15 is 0 Å². The van der Waals surface area contributed by atoms with Gasteiger partial charge in [-0.25, -0.2) is 5.48 Å². The molecule has 4 fully saturated rings. The van der Waals surface area contributed by atoms with Gasteiger partial charge in [0.05, 0.1) is 0 Å². The minimum atomic E-state index is 0.362. The second kappa shape index (κ2) is 6.23. The second-order valence-corrected chi connectivity index (χ2v) is 7.74. The number of rotatable bonds is 1. The lowest BCUT2D eigenvalue weighted by atomic mass is 9.82. The molecule has 3 heteroatoms. The van der Waals surface area contributed by atoms with E-state index in [4.69, 9.17) is 10.9 Å². The fourth-order valence-corrected chi connectivity index (χ4v) is 5.17. The van der Waals surface area contributed by atoms with Gasteiger partial charge in [0.25, 0.3) is 0 Å². The monoisotopic (exact) mass is 290 g/mol. The summed E-state index contributed by atoms with van der Waals surface area (Å²) in [5.41, 5.74) is 11.3. The highest BCUT2D eigenvalue weighted by atomic mass is 16.5. The van der Waals surface area contributed by atoms with Crippen molar-refractivity contribution in [3.05, 3.63) is 24.3 Å². The largest absolute Gasteiger partial charge is 0.327 e. The lowest BCUT2D eigenvalue weighted by Gasteiger charge is -2.29. The third-order valence-corrected chi connectivity index (χ3v) is 6.27. The fourth-order valence-electron chi connectivity index (χ4n) is 5.17. The van der Waals surface area contributed by atoms with Crippen molar-refractivity contribution < 1.29 is 5.21 Å². The third kappa shape index (κ3) is 3.10. The smallest absolute Gasteiger partial charge is 0.0382 e. The number of allylic oxidation sites excluding steroid dienone is 2. The first-order valence-corrected chi connectivity index (χ1v) is 8.57. The van der Waals surface area contributed by atoms with Crippen molar-refractivity contribution in [2.45, 2.75) is 63.5 Å². The van der Waals surface area contributed by atoms with E-state index < -0.39 is 0 Å². The third-order valence-electron chi connectivity index (χ3n) is 6.27. The average Bonchev–Trinajstić information content (AvgIpc) is 2.82. The van der Waals surface area contributed by atoms with Gasteiger partial charge >= 0.3 is 0 Å². The van der Waals surface area contributed by atoms with Crippen LogP contribution in [-0.2, 0) is 0 Å². The van der Waals surface area contributed by atoms with Crippen LogP contribution >= 0.6 is 0 Å². The Labute approximate surface area is 128 Å². The van der Waals surface area contributed by atoms with Crippen LogP contribution in [0.25, 0.3) is 0 Å². The molecule has 4 unspecified atom stereocenters. The SMILES string of the molecule is C=C1CC2CCC(C1)C2N.C=C1CC2CCC(C1)C2NO. The van der Waals surface area contributed by atoms with E-state index in [9.17, 15) is 0 Å². The molecular formula is C18H30N2O. The zero-order chi connectivity index (χ0) is 15.0. The molecular weight excluding hydrogens is 260 g/mol. The summed E-state index contributed by atoms with van der Waals surface area (Å²) in [7, 11) is 0. The predicted octanol–water partition coefficient (Wildman–Crippen LogP) is 3.40. The number of fused-ring (bicyclic) bond motifs is 4. The van der Waals surface area contributed by atoms with E-state index in [-0.39, 0.29) is 0 Å². The summed E-state index contributed by atoms with van der Waals surface area (Å²) in [6.45, 7) is 8.05. The fraction of sp³-hybridized carbons (Fsp3) is 0.778. The molecule has 3 nitrogen and oxygen atoms in total. The first-order chi connectivity index (χ1) is 10.1. The van der Waals surface area contributed by atoms with Gasteiger partial charge in [-0.2, -0.15) is 0 Å². The Morgan fingerprint density at radius 2 is 1.19 bits per heavy atom. The molecule has 0 aromatic heterocycles. The maximum Gasteiger partial charge on any atom is 0.0382 e. The van der Waals surface area contributed by atoms with Gasteiger partial charge in [-0.05, 0) is 75.0 Å². The molecule has 4 saturated carbocycles. The van der Waals surface area contributed by atoms with Gasteiger partial charge in [-0.15, -0.1) is 0 Å². The highest BCUT2D eigenvalue weighted by Gasteiger charge is 2.39. The molecule has 4 aliphatic rings. The molecule has 0 aromatic rings. The molecule has 0 aliphatic heterocycles. The highest BCUT2D eigenvalue weighted by molar-refractivity contribution is 5.10. The summed E-state index contributed by atoms with van der Waals surface area (Å²) in [6.07, 6.45) is 9.89. The Bertz CT molecular complexity index is 387. The maximum atomic E-state index is 8.88. The van der Waals surface area contributed by atoms with Crippen molar-refractivity contribution >= 4 is 0 Å². The zero-order valence-electron chi connectivity index (χ0n) is 13.1. The first-order valence-electron chi connectivity index (χ1n) is 8.57. The minimum Gasteiger partial charge on any atom is -0.327 e. The molecule has 0 saturated heterocycles. The molecule has 4 rings (SSSR count). The predicted molar refractivity (Wildman–Crippen MR) is 85.9 cm³/mol. The summed E-state index contributed by atoms with van der Waals surface area (Å²) in [5.74, 6) is 2.88. The normalized spacial score (nSPS) is 44.5. The van der Waals surface area contributed by atoms with Crippen LogP contribution in [-0.4, -0.2) is 17.3 Å². The van der Waals surface area contributed by atoms with Crippen LogP contribution in [0.5, 0.6) is 0 Å². The number of nitrogens with two attached hydrogens (primary N) is 1. The Morgan fingerprint density at radius 1 is 0.810 bits per heavy atom. The standard InChI is InChI=1S/C9H15NO.C9H15N/c1-6-4-7-2-3-8(5-6)9(7)10-11;1-6-4-7-2-3-8(5-6)9(7)10/h7-11H,1-5H2;7-9H,1-5,10H2. The van der Waals surface area contributed by atoms with Gasteiger partial charge in [0.2, 0.25) is 0 Å². The van der Waals surface area contributed by atoms with E-state index in [0.29, 0.717) is 23.9 Å². The number of hydroxylamine groups is 1.